The molecule has 190 valence electrons. The van der Waals surface area contributed by atoms with Crippen molar-refractivity contribution in [1.29, 1.82) is 0 Å². The van der Waals surface area contributed by atoms with Crippen LogP contribution < -0.4 is 11.2 Å². The van der Waals surface area contributed by atoms with Gasteiger partial charge in [0, 0.05) is 0 Å². The minimum Gasteiger partial charge on any atom is -0.480 e. The van der Waals surface area contributed by atoms with Crippen LogP contribution in [-0.2, 0) is 21.6 Å². The highest BCUT2D eigenvalue weighted by atomic mass is 35.5. The molecule has 0 aliphatic carbocycles. The van der Waals surface area contributed by atoms with Gasteiger partial charge in [0.15, 0.2) is 0 Å². The Hall–Kier alpha value is -3.21. The topological polar surface area (TPSA) is 117 Å². The van der Waals surface area contributed by atoms with Crippen LogP contribution in [0.4, 0.5) is 0 Å². The number of hydrogen-bond acceptors (Lipinski definition) is 7. The molecule has 9 nitrogen and oxygen atoms in total. The molecular formula is C25H26ClN3O6S. The van der Waals surface area contributed by atoms with Crippen LogP contribution in [0.1, 0.15) is 44.9 Å². The fourth-order valence-corrected chi connectivity index (χ4v) is 5.41. The first-order valence-electron chi connectivity index (χ1n) is 11.3. The predicted molar refractivity (Wildman–Crippen MR) is 138 cm³/mol. The second-order valence-electron chi connectivity index (χ2n) is 9.19. The lowest BCUT2D eigenvalue weighted by Crippen LogP contribution is -2.52. The van der Waals surface area contributed by atoms with Crippen molar-refractivity contribution >= 4 is 39.1 Å². The monoisotopic (exact) mass is 531 g/mol. The van der Waals surface area contributed by atoms with Gasteiger partial charge in [0.2, 0.25) is 11.1 Å². The third-order valence-electron chi connectivity index (χ3n) is 5.92. The molecule has 4 aromatic rings. The van der Waals surface area contributed by atoms with Gasteiger partial charge in [-0.2, -0.15) is 0 Å². The number of hydrogen-bond donors (Lipinski definition) is 1. The Morgan fingerprint density at radius 1 is 1.25 bits per heavy atom. The second-order valence-corrected chi connectivity index (χ2v) is 10.6. The number of ether oxygens (including phenoxy) is 1. The number of carboxylic acids is 1. The number of fused-ring (bicyclic) bond motifs is 1. The third kappa shape index (κ3) is 4.52. The molecular weight excluding hydrogens is 506 g/mol. The van der Waals surface area contributed by atoms with Crippen LogP contribution in [-0.4, -0.2) is 31.3 Å². The Balaban J connectivity index is 2.05. The molecule has 0 saturated carbocycles. The van der Waals surface area contributed by atoms with E-state index >= 15 is 0 Å². The number of aryl methyl sites for hydroxylation is 1. The number of thiophene rings is 1. The lowest BCUT2D eigenvalue weighted by molar-refractivity contribution is -0.146. The molecule has 0 aliphatic heterocycles. The number of rotatable bonds is 8. The molecule has 0 fully saturated rings. The lowest BCUT2D eigenvalue weighted by atomic mass is 10.1. The van der Waals surface area contributed by atoms with Crippen molar-refractivity contribution in [2.24, 2.45) is 0 Å². The van der Waals surface area contributed by atoms with E-state index in [4.69, 9.17) is 20.8 Å². The summed E-state index contributed by atoms with van der Waals surface area (Å²) in [5, 5.41) is 10.2. The summed E-state index contributed by atoms with van der Waals surface area (Å²) in [7, 11) is 0. The molecule has 3 aromatic heterocycles. The molecule has 1 N–H and O–H groups in total. The van der Waals surface area contributed by atoms with E-state index in [1.165, 1.54) is 24.6 Å². The van der Waals surface area contributed by atoms with Crippen LogP contribution in [0, 0.1) is 6.92 Å². The summed E-state index contributed by atoms with van der Waals surface area (Å²) in [6.07, 6.45) is 0.660. The molecule has 11 heteroatoms. The van der Waals surface area contributed by atoms with Crippen molar-refractivity contribution in [3.8, 4) is 10.8 Å². The predicted octanol–water partition coefficient (Wildman–Crippen LogP) is 4.83. The molecule has 4 rings (SSSR count). The van der Waals surface area contributed by atoms with Gasteiger partial charge in [0.1, 0.15) is 16.5 Å². The second kappa shape index (κ2) is 9.68. The van der Waals surface area contributed by atoms with Crippen LogP contribution >= 0.6 is 22.9 Å². The zero-order valence-electron chi connectivity index (χ0n) is 20.4. The molecule has 0 aliphatic rings. The van der Waals surface area contributed by atoms with E-state index in [-0.39, 0.29) is 29.1 Å². The first kappa shape index (κ1) is 25.9. The van der Waals surface area contributed by atoms with E-state index in [9.17, 15) is 19.5 Å². The molecule has 1 atom stereocenters. The average Bonchev–Trinajstić information content (AvgIpc) is 3.39. The Kier molecular flexibility index (Phi) is 6.96. The number of halogens is 1. The Morgan fingerprint density at radius 3 is 2.47 bits per heavy atom. The lowest BCUT2D eigenvalue weighted by Gasteiger charge is -2.26. The molecule has 0 radical (unpaired) electrons. The summed E-state index contributed by atoms with van der Waals surface area (Å²) in [4.78, 5) is 44.6. The van der Waals surface area contributed by atoms with Gasteiger partial charge in [0.05, 0.1) is 29.1 Å². The fraction of sp³-hybridized carbons (Fsp3) is 0.360. The van der Waals surface area contributed by atoms with Crippen molar-refractivity contribution < 1.29 is 19.1 Å². The van der Waals surface area contributed by atoms with Gasteiger partial charge in [-0.15, -0.1) is 11.3 Å². The van der Waals surface area contributed by atoms with Crippen LogP contribution in [0.3, 0.4) is 0 Å². The van der Waals surface area contributed by atoms with Crippen molar-refractivity contribution in [2.75, 3.05) is 0 Å². The number of oxazole rings is 1. The van der Waals surface area contributed by atoms with Crippen molar-refractivity contribution in [1.82, 2.24) is 14.1 Å². The zero-order chi connectivity index (χ0) is 26.4. The number of benzene rings is 1. The first-order chi connectivity index (χ1) is 16.9. The molecule has 0 bridgehead atoms. The zero-order valence-corrected chi connectivity index (χ0v) is 22.0. The molecule has 1 aromatic carbocycles. The van der Waals surface area contributed by atoms with Gasteiger partial charge in [-0.3, -0.25) is 9.36 Å². The van der Waals surface area contributed by atoms with Crippen LogP contribution in [0.5, 0.6) is 0 Å². The van der Waals surface area contributed by atoms with Gasteiger partial charge < -0.3 is 14.3 Å². The largest absolute Gasteiger partial charge is 0.480 e. The van der Waals surface area contributed by atoms with E-state index < -0.39 is 28.9 Å². The van der Waals surface area contributed by atoms with Crippen LogP contribution in [0.25, 0.3) is 21.0 Å². The molecule has 0 spiro atoms. The summed E-state index contributed by atoms with van der Waals surface area (Å²) >= 11 is 7.09. The summed E-state index contributed by atoms with van der Waals surface area (Å²) in [5.74, 6) is -1.10. The summed E-state index contributed by atoms with van der Waals surface area (Å²) in [6, 6.07) is 9.42. The maximum Gasteiger partial charge on any atom is 0.333 e. The minimum absolute atomic E-state index is 0.0548. The average molecular weight is 532 g/mol. The van der Waals surface area contributed by atoms with E-state index in [0.717, 1.165) is 21.5 Å². The summed E-state index contributed by atoms with van der Waals surface area (Å²) < 4.78 is 13.8. The van der Waals surface area contributed by atoms with E-state index in [0.29, 0.717) is 15.3 Å². The minimum atomic E-state index is -1.80. The molecule has 0 unspecified atom stereocenters. The standard InChI is InChI=1S/C25H26ClN3O6S/c1-13(2)34-16(15-9-7-6-8-10-15)12-28-22-18(14(3)19(36-22)20-27-11-17(26)35-20)21(30)29(24(28)33)25(4,5)23(31)32/h6-11,13,16H,12H2,1-5H3,(H,31,32)/t16-/m1/s1. The highest BCUT2D eigenvalue weighted by Crippen LogP contribution is 2.37. The van der Waals surface area contributed by atoms with E-state index in [1.54, 1.807) is 6.92 Å². The fourth-order valence-electron chi connectivity index (χ4n) is 4.05. The summed E-state index contributed by atoms with van der Waals surface area (Å²) in [5.41, 5.74) is -1.88. The quantitative estimate of drug-likeness (QED) is 0.346. The van der Waals surface area contributed by atoms with Crippen LogP contribution in [0.2, 0.25) is 5.22 Å². The van der Waals surface area contributed by atoms with Gasteiger partial charge >= 0.3 is 11.7 Å². The molecule has 0 amide bonds. The first-order valence-corrected chi connectivity index (χ1v) is 12.5. The Bertz CT molecular complexity index is 1550. The maximum absolute atomic E-state index is 13.8. The maximum atomic E-state index is 13.8. The highest BCUT2D eigenvalue weighted by Gasteiger charge is 2.36. The highest BCUT2D eigenvalue weighted by molar-refractivity contribution is 7.22. The SMILES string of the molecule is Cc1c(-c2ncc(Cl)o2)sc2c1c(=O)n(C(C)(C)C(=O)O)c(=O)n2C[C@@H](OC(C)C)c1ccccc1. The smallest absolute Gasteiger partial charge is 0.333 e. The van der Waals surface area contributed by atoms with E-state index in [1.807, 2.05) is 44.2 Å². The van der Waals surface area contributed by atoms with Crippen LogP contribution in [0.15, 0.2) is 50.5 Å². The van der Waals surface area contributed by atoms with Gasteiger partial charge in [-0.25, -0.2) is 19.1 Å². The molecule has 0 saturated heterocycles. The van der Waals surface area contributed by atoms with E-state index in [2.05, 4.69) is 4.98 Å². The van der Waals surface area contributed by atoms with Gasteiger partial charge in [0.25, 0.3) is 5.56 Å². The molecule has 36 heavy (non-hydrogen) atoms. The van der Waals surface area contributed by atoms with Crippen molar-refractivity contribution in [3.63, 3.8) is 0 Å². The number of carbonyl (C=O) groups is 1. The summed E-state index contributed by atoms with van der Waals surface area (Å²) in [6.45, 7) is 8.19. The molecule has 3 heterocycles. The van der Waals surface area contributed by atoms with Crippen molar-refractivity contribution in [3.05, 3.63) is 73.7 Å². The Labute approximate surface area is 215 Å². The number of aromatic nitrogens is 3. The van der Waals surface area contributed by atoms with Crippen molar-refractivity contribution in [2.45, 2.75) is 58.9 Å². The normalized spacial score (nSPS) is 13.0. The number of carboxylic acid groups (broad SMARTS) is 1. The Morgan fingerprint density at radius 2 is 1.92 bits per heavy atom. The third-order valence-corrected chi connectivity index (χ3v) is 7.40. The van der Waals surface area contributed by atoms with Gasteiger partial charge in [-0.1, -0.05) is 30.3 Å². The number of aliphatic carboxylic acids is 1. The number of nitrogens with zero attached hydrogens (tertiary/aromatic N) is 3. The van der Waals surface area contributed by atoms with Gasteiger partial charge in [-0.05, 0) is 57.3 Å².